The topological polar surface area (TPSA) is 39.7 Å². The highest BCUT2D eigenvalue weighted by molar-refractivity contribution is 14.0. The van der Waals surface area contributed by atoms with Crippen LogP contribution in [0.1, 0.15) is 45.4 Å². The molecule has 0 atom stereocenters. The number of nitrogens with zero attached hydrogens (tertiary/aromatic N) is 2. The molecule has 1 aliphatic rings. The van der Waals surface area contributed by atoms with E-state index in [9.17, 15) is 13.2 Å². The Morgan fingerprint density at radius 1 is 1.09 bits per heavy atom. The average Bonchev–Trinajstić information content (AvgIpc) is 2.47. The molecule has 0 spiro atoms. The summed E-state index contributed by atoms with van der Waals surface area (Å²) in [5.74, 6) is 0.700. The van der Waals surface area contributed by atoms with Gasteiger partial charge in [0.2, 0.25) is 0 Å². The van der Waals surface area contributed by atoms with Gasteiger partial charge in [0.25, 0.3) is 0 Å². The highest BCUT2D eigenvalue weighted by Crippen LogP contribution is 2.21. The van der Waals surface area contributed by atoms with Gasteiger partial charge in [-0.3, -0.25) is 4.99 Å². The van der Waals surface area contributed by atoms with E-state index in [0.717, 1.165) is 32.7 Å². The molecule has 2 N–H and O–H groups in total. The highest BCUT2D eigenvalue weighted by atomic mass is 127. The van der Waals surface area contributed by atoms with Gasteiger partial charge in [-0.15, -0.1) is 24.0 Å². The van der Waals surface area contributed by atoms with Crippen molar-refractivity contribution < 1.29 is 13.2 Å². The maximum absolute atomic E-state index is 12.0. The summed E-state index contributed by atoms with van der Waals surface area (Å²) in [6.07, 6.45) is -0.308. The molecule has 138 valence electrons. The number of unbranched alkanes of at least 4 members (excludes halogenated alkanes) is 1. The normalized spacial score (nSPS) is 16.8. The van der Waals surface area contributed by atoms with Crippen LogP contribution < -0.4 is 10.6 Å². The number of hydrogen-bond donors (Lipinski definition) is 2. The number of alkyl halides is 3. The number of aliphatic imine (C=N–C) groups is 1. The third-order valence-corrected chi connectivity index (χ3v) is 3.65. The Hall–Kier alpha value is -0.250. The zero-order valence-corrected chi connectivity index (χ0v) is 16.3. The van der Waals surface area contributed by atoms with Gasteiger partial charge in [-0.25, -0.2) is 0 Å². The van der Waals surface area contributed by atoms with Crippen LogP contribution in [0.15, 0.2) is 4.99 Å². The maximum atomic E-state index is 12.0. The van der Waals surface area contributed by atoms with Crippen molar-refractivity contribution in [2.45, 2.75) is 51.6 Å². The molecule has 0 radical (unpaired) electrons. The molecule has 1 heterocycles. The van der Waals surface area contributed by atoms with Gasteiger partial charge in [0.15, 0.2) is 5.96 Å². The van der Waals surface area contributed by atoms with Crippen LogP contribution >= 0.6 is 24.0 Å². The molecule has 0 saturated carbocycles. The third kappa shape index (κ3) is 12.8. The Bertz CT molecular complexity index is 318. The Balaban J connectivity index is 0.00000484. The Morgan fingerprint density at radius 2 is 1.78 bits per heavy atom. The summed E-state index contributed by atoms with van der Waals surface area (Å²) in [6.45, 7) is 7.27. The van der Waals surface area contributed by atoms with E-state index >= 15 is 0 Å². The summed E-state index contributed by atoms with van der Waals surface area (Å²) < 4.78 is 36.1. The minimum absolute atomic E-state index is 0. The zero-order chi connectivity index (χ0) is 16.3. The molecule has 0 unspecified atom stereocenters. The molecule has 4 nitrogen and oxygen atoms in total. The maximum Gasteiger partial charge on any atom is 0.389 e. The summed E-state index contributed by atoms with van der Waals surface area (Å²) in [7, 11) is 0. The Labute approximate surface area is 154 Å². The largest absolute Gasteiger partial charge is 0.389 e. The van der Waals surface area contributed by atoms with Crippen LogP contribution in [0.2, 0.25) is 0 Å². The number of guanidine groups is 1. The molecule has 0 amide bonds. The monoisotopic (exact) mass is 450 g/mol. The summed E-state index contributed by atoms with van der Waals surface area (Å²) in [6, 6.07) is 0. The second-order valence-electron chi connectivity index (χ2n) is 5.66. The Morgan fingerprint density at radius 3 is 2.39 bits per heavy atom. The lowest BCUT2D eigenvalue weighted by Crippen LogP contribution is -2.42. The van der Waals surface area contributed by atoms with E-state index in [-0.39, 0.29) is 30.4 Å². The molecule has 1 aliphatic heterocycles. The van der Waals surface area contributed by atoms with E-state index in [1.807, 2.05) is 6.92 Å². The molecular formula is C15H30F3IN4. The zero-order valence-electron chi connectivity index (χ0n) is 13.9. The molecule has 0 bridgehead atoms. The van der Waals surface area contributed by atoms with Crippen molar-refractivity contribution >= 4 is 29.9 Å². The summed E-state index contributed by atoms with van der Waals surface area (Å²) in [5, 5.41) is 6.38. The van der Waals surface area contributed by atoms with Crippen molar-refractivity contribution in [1.29, 1.82) is 0 Å². The van der Waals surface area contributed by atoms with Crippen LogP contribution in [0.25, 0.3) is 0 Å². The smallest absolute Gasteiger partial charge is 0.357 e. The fourth-order valence-electron chi connectivity index (χ4n) is 2.49. The van der Waals surface area contributed by atoms with Gasteiger partial charge in [-0.2, -0.15) is 13.2 Å². The van der Waals surface area contributed by atoms with E-state index in [1.54, 1.807) is 0 Å². The highest BCUT2D eigenvalue weighted by Gasteiger charge is 2.25. The Kier molecular flexibility index (Phi) is 12.9. The fourth-order valence-corrected chi connectivity index (χ4v) is 2.49. The second-order valence-corrected chi connectivity index (χ2v) is 5.66. The average molecular weight is 450 g/mol. The van der Waals surface area contributed by atoms with Gasteiger partial charge in [0.1, 0.15) is 0 Å². The second kappa shape index (κ2) is 13.1. The van der Waals surface area contributed by atoms with E-state index < -0.39 is 12.6 Å². The van der Waals surface area contributed by atoms with Crippen LogP contribution in [0.4, 0.5) is 13.2 Å². The minimum Gasteiger partial charge on any atom is -0.357 e. The van der Waals surface area contributed by atoms with E-state index in [4.69, 9.17) is 0 Å². The SMILES string of the molecule is CCNC(=NCCCCC(F)(F)F)NCCN1CCCCC1.I. The lowest BCUT2D eigenvalue weighted by molar-refractivity contribution is -0.135. The van der Waals surface area contributed by atoms with Gasteiger partial charge < -0.3 is 15.5 Å². The first-order chi connectivity index (χ1) is 10.5. The van der Waals surface area contributed by atoms with E-state index in [2.05, 4.69) is 20.5 Å². The van der Waals surface area contributed by atoms with Gasteiger partial charge in [0, 0.05) is 32.6 Å². The number of nitrogens with one attached hydrogen (secondary N) is 2. The van der Waals surface area contributed by atoms with Gasteiger partial charge in [-0.1, -0.05) is 6.42 Å². The number of halogens is 4. The first-order valence-corrected chi connectivity index (χ1v) is 8.32. The standard InChI is InChI=1S/C15H29F3N4.HI/c1-2-19-14(20-9-5-4-8-15(16,17)18)21-10-13-22-11-6-3-7-12-22;/h2-13H2,1H3,(H2,19,20,21);1H. The van der Waals surface area contributed by atoms with E-state index in [1.165, 1.54) is 19.3 Å². The molecular weight excluding hydrogens is 420 g/mol. The molecule has 0 aromatic carbocycles. The molecule has 0 aromatic heterocycles. The predicted octanol–water partition coefficient (Wildman–Crippen LogP) is 3.38. The van der Waals surface area contributed by atoms with Crippen molar-refractivity contribution in [3.63, 3.8) is 0 Å². The molecule has 1 rings (SSSR count). The summed E-state index contributed by atoms with van der Waals surface area (Å²) >= 11 is 0. The number of piperidine rings is 1. The molecule has 0 aromatic rings. The van der Waals surface area contributed by atoms with Crippen LogP contribution in [0.3, 0.4) is 0 Å². The third-order valence-electron chi connectivity index (χ3n) is 3.65. The van der Waals surface area contributed by atoms with Crippen molar-refractivity contribution in [3.8, 4) is 0 Å². The first kappa shape index (κ1) is 22.8. The van der Waals surface area contributed by atoms with Crippen molar-refractivity contribution in [3.05, 3.63) is 0 Å². The number of hydrogen-bond acceptors (Lipinski definition) is 2. The lowest BCUT2D eigenvalue weighted by atomic mass is 10.1. The van der Waals surface area contributed by atoms with Crippen molar-refractivity contribution in [2.75, 3.05) is 39.3 Å². The molecule has 8 heteroatoms. The summed E-state index contributed by atoms with van der Waals surface area (Å²) in [5.41, 5.74) is 0. The van der Waals surface area contributed by atoms with Crippen LogP contribution in [-0.4, -0.2) is 56.3 Å². The lowest BCUT2D eigenvalue weighted by Gasteiger charge is -2.26. The van der Waals surface area contributed by atoms with Crippen LogP contribution in [0.5, 0.6) is 0 Å². The van der Waals surface area contributed by atoms with Gasteiger partial charge in [-0.05, 0) is 45.7 Å². The van der Waals surface area contributed by atoms with Crippen LogP contribution in [-0.2, 0) is 0 Å². The van der Waals surface area contributed by atoms with E-state index in [0.29, 0.717) is 18.9 Å². The van der Waals surface area contributed by atoms with Gasteiger partial charge in [0.05, 0.1) is 0 Å². The predicted molar refractivity (Wildman–Crippen MR) is 99.6 cm³/mol. The quantitative estimate of drug-likeness (QED) is 0.258. The van der Waals surface area contributed by atoms with Crippen molar-refractivity contribution in [2.24, 2.45) is 4.99 Å². The van der Waals surface area contributed by atoms with Crippen LogP contribution in [0, 0.1) is 0 Å². The van der Waals surface area contributed by atoms with Gasteiger partial charge >= 0.3 is 6.18 Å². The minimum atomic E-state index is -4.05. The molecule has 1 fully saturated rings. The number of rotatable bonds is 8. The molecule has 1 saturated heterocycles. The summed E-state index contributed by atoms with van der Waals surface area (Å²) in [4.78, 5) is 6.76. The molecule has 23 heavy (non-hydrogen) atoms. The first-order valence-electron chi connectivity index (χ1n) is 8.32. The molecule has 0 aliphatic carbocycles. The van der Waals surface area contributed by atoms with Crippen molar-refractivity contribution in [1.82, 2.24) is 15.5 Å². The number of likely N-dealkylation sites (tertiary alicyclic amines) is 1. The fraction of sp³-hybridized carbons (Fsp3) is 0.933.